The summed E-state index contributed by atoms with van der Waals surface area (Å²) in [5.41, 5.74) is 0.673. The zero-order chi connectivity index (χ0) is 25.7. The molecule has 0 aliphatic rings. The van der Waals surface area contributed by atoms with Gasteiger partial charge < -0.3 is 25.5 Å². The van der Waals surface area contributed by atoms with Gasteiger partial charge >= 0.3 is 0 Å². The van der Waals surface area contributed by atoms with E-state index in [0.29, 0.717) is 16.6 Å². The number of pyridine rings is 1. The molecule has 0 saturated heterocycles. The third kappa shape index (κ3) is 7.30. The third-order valence-electron chi connectivity index (χ3n) is 4.91. The lowest BCUT2D eigenvalue weighted by Crippen LogP contribution is -2.28. The minimum Gasteiger partial charge on any atom is -0.506 e. The topological polar surface area (TPSA) is 97.8 Å². The number of amides is 2. The van der Waals surface area contributed by atoms with Gasteiger partial charge in [0.2, 0.25) is 0 Å². The van der Waals surface area contributed by atoms with Crippen LogP contribution in [-0.4, -0.2) is 65.9 Å². The summed E-state index contributed by atoms with van der Waals surface area (Å²) >= 11 is 19.6. The number of rotatable bonds is 9. The smallest absolute Gasteiger partial charge is 0.267 e. The Morgan fingerprint density at radius 3 is 2.43 bits per heavy atom. The number of carbonyl (C=O) groups excluding carboxylic acids is 2. The van der Waals surface area contributed by atoms with Gasteiger partial charge in [0.15, 0.2) is 0 Å². The van der Waals surface area contributed by atoms with Gasteiger partial charge in [-0.2, -0.15) is 0 Å². The van der Waals surface area contributed by atoms with E-state index >= 15 is 0 Å². The molecule has 2 heterocycles. The summed E-state index contributed by atoms with van der Waals surface area (Å²) in [4.78, 5) is 34.4. The van der Waals surface area contributed by atoms with Crippen molar-refractivity contribution in [3.8, 4) is 5.75 Å². The Morgan fingerprint density at radius 1 is 1.03 bits per heavy atom. The number of benzene rings is 1. The number of thiophene rings is 1. The van der Waals surface area contributed by atoms with E-state index in [1.165, 1.54) is 35.7 Å². The number of likely N-dealkylation sites (N-methyl/N-ethyl adjacent to an activating group) is 2. The van der Waals surface area contributed by atoms with Crippen molar-refractivity contribution in [2.75, 3.05) is 44.9 Å². The number of anilines is 2. The lowest BCUT2D eigenvalue weighted by Gasteiger charge is -2.19. The first kappa shape index (κ1) is 27.2. The minimum atomic E-state index is -0.631. The molecule has 0 bridgehead atoms. The molecule has 1 aromatic carbocycles. The van der Waals surface area contributed by atoms with Crippen molar-refractivity contribution in [3.63, 3.8) is 0 Å². The van der Waals surface area contributed by atoms with E-state index in [1.54, 1.807) is 6.07 Å². The van der Waals surface area contributed by atoms with E-state index in [9.17, 15) is 14.7 Å². The predicted octanol–water partition coefficient (Wildman–Crippen LogP) is 5.31. The number of nitrogens with zero attached hydrogens (tertiary/aromatic N) is 3. The van der Waals surface area contributed by atoms with E-state index in [1.807, 2.05) is 26.5 Å². The molecule has 186 valence electrons. The zero-order valence-corrected chi connectivity index (χ0v) is 22.3. The van der Waals surface area contributed by atoms with Crippen molar-refractivity contribution in [1.82, 2.24) is 14.8 Å². The SMILES string of the molecule is CN(C)CCN(C)Cc1csc(C(=O)Nc2c(O)cc(Cl)cc2C(=O)Nc2ccc(Cl)cn2)c1Cl. The number of aromatic nitrogens is 1. The van der Waals surface area contributed by atoms with E-state index in [2.05, 4.69) is 25.4 Å². The minimum absolute atomic E-state index is 0.0450. The number of halogens is 3. The van der Waals surface area contributed by atoms with Crippen LogP contribution in [0.2, 0.25) is 15.1 Å². The van der Waals surface area contributed by atoms with E-state index in [0.717, 1.165) is 18.7 Å². The predicted molar refractivity (Wildman–Crippen MR) is 142 cm³/mol. The summed E-state index contributed by atoms with van der Waals surface area (Å²) in [6.45, 7) is 2.29. The van der Waals surface area contributed by atoms with Crippen LogP contribution in [0.1, 0.15) is 25.6 Å². The van der Waals surface area contributed by atoms with E-state index < -0.39 is 11.8 Å². The van der Waals surface area contributed by atoms with Gasteiger partial charge in [-0.05, 0) is 50.3 Å². The van der Waals surface area contributed by atoms with Gasteiger partial charge in [0, 0.05) is 36.9 Å². The number of hydrogen-bond donors (Lipinski definition) is 3. The number of phenolic OH excluding ortho intramolecular Hbond substituents is 1. The molecule has 0 aliphatic carbocycles. The Bertz CT molecular complexity index is 1220. The van der Waals surface area contributed by atoms with Crippen LogP contribution in [0.25, 0.3) is 0 Å². The molecule has 0 atom stereocenters. The van der Waals surface area contributed by atoms with Gasteiger partial charge in [0.05, 0.1) is 21.3 Å². The molecule has 12 heteroatoms. The molecule has 2 amide bonds. The Labute approximate surface area is 222 Å². The molecule has 3 aromatic rings. The Kier molecular flexibility index (Phi) is 9.34. The maximum Gasteiger partial charge on any atom is 0.267 e. The normalized spacial score (nSPS) is 11.2. The summed E-state index contributed by atoms with van der Waals surface area (Å²) < 4.78 is 0. The van der Waals surface area contributed by atoms with Crippen molar-refractivity contribution >= 4 is 69.5 Å². The molecule has 0 aliphatic heterocycles. The number of phenols is 1. The molecule has 0 radical (unpaired) electrons. The van der Waals surface area contributed by atoms with Gasteiger partial charge in [0.25, 0.3) is 11.8 Å². The molecule has 0 saturated carbocycles. The van der Waals surface area contributed by atoms with Gasteiger partial charge in [0.1, 0.15) is 16.4 Å². The average Bonchev–Trinajstić information content (AvgIpc) is 3.15. The first-order valence-electron chi connectivity index (χ1n) is 10.4. The monoisotopic (exact) mass is 555 g/mol. The van der Waals surface area contributed by atoms with E-state index in [4.69, 9.17) is 34.8 Å². The second-order valence-corrected chi connectivity index (χ2v) is 10.2. The first-order chi connectivity index (χ1) is 16.5. The maximum atomic E-state index is 13.0. The first-order valence-corrected chi connectivity index (χ1v) is 12.4. The highest BCUT2D eigenvalue weighted by Gasteiger charge is 2.23. The van der Waals surface area contributed by atoms with Crippen molar-refractivity contribution in [3.05, 3.63) is 66.9 Å². The van der Waals surface area contributed by atoms with Crippen LogP contribution in [0.5, 0.6) is 5.75 Å². The quantitative estimate of drug-likeness (QED) is 0.309. The second kappa shape index (κ2) is 12.0. The molecule has 2 aromatic heterocycles. The Balaban J connectivity index is 1.80. The van der Waals surface area contributed by atoms with Crippen LogP contribution in [-0.2, 0) is 6.54 Å². The Hall–Kier alpha value is -2.40. The molecule has 0 unspecified atom stereocenters. The molecule has 3 rings (SSSR count). The Morgan fingerprint density at radius 2 is 1.77 bits per heavy atom. The van der Waals surface area contributed by atoms with Crippen molar-refractivity contribution < 1.29 is 14.7 Å². The molecule has 8 nitrogen and oxygen atoms in total. The van der Waals surface area contributed by atoms with Crippen LogP contribution in [0.15, 0.2) is 35.8 Å². The van der Waals surface area contributed by atoms with Crippen LogP contribution in [0, 0.1) is 0 Å². The summed E-state index contributed by atoms with van der Waals surface area (Å²) in [6.07, 6.45) is 1.38. The third-order valence-corrected chi connectivity index (χ3v) is 6.92. The number of carbonyl (C=O) groups is 2. The van der Waals surface area contributed by atoms with Gasteiger partial charge in [-0.15, -0.1) is 11.3 Å². The molecular weight excluding hydrogens is 533 g/mol. The van der Waals surface area contributed by atoms with Crippen LogP contribution >= 0.6 is 46.1 Å². The highest BCUT2D eigenvalue weighted by molar-refractivity contribution is 7.13. The van der Waals surface area contributed by atoms with Crippen molar-refractivity contribution in [2.24, 2.45) is 0 Å². The van der Waals surface area contributed by atoms with Gasteiger partial charge in [-0.3, -0.25) is 9.59 Å². The molecular formula is C23H24Cl3N5O3S. The highest BCUT2D eigenvalue weighted by Crippen LogP contribution is 2.35. The van der Waals surface area contributed by atoms with Gasteiger partial charge in [-0.25, -0.2) is 4.98 Å². The van der Waals surface area contributed by atoms with Crippen molar-refractivity contribution in [2.45, 2.75) is 6.54 Å². The lowest BCUT2D eigenvalue weighted by atomic mass is 10.1. The summed E-state index contributed by atoms with van der Waals surface area (Å²) in [6, 6.07) is 5.65. The fourth-order valence-corrected chi connectivity index (χ4v) is 4.65. The average molecular weight is 557 g/mol. The number of nitrogens with one attached hydrogen (secondary N) is 2. The molecule has 35 heavy (non-hydrogen) atoms. The standard InChI is InChI=1S/C23H24Cl3N5O3S/c1-30(2)6-7-31(3)11-13-12-35-21(19(13)26)23(34)29-20-16(8-15(25)9-17(20)32)22(33)28-18-5-4-14(24)10-27-18/h4-5,8-10,12,32H,6-7,11H2,1-3H3,(H,29,34)(H,27,28,33). The summed E-state index contributed by atoms with van der Waals surface area (Å²) in [7, 11) is 5.98. The molecule has 0 fully saturated rings. The van der Waals surface area contributed by atoms with Crippen LogP contribution in [0.4, 0.5) is 11.5 Å². The number of aromatic hydroxyl groups is 1. The number of hydrogen-bond acceptors (Lipinski definition) is 7. The highest BCUT2D eigenvalue weighted by atomic mass is 35.5. The fourth-order valence-electron chi connectivity index (χ4n) is 3.09. The molecule has 0 spiro atoms. The lowest BCUT2D eigenvalue weighted by molar-refractivity contribution is 0.102. The zero-order valence-electron chi connectivity index (χ0n) is 19.2. The summed E-state index contributed by atoms with van der Waals surface area (Å²) in [5, 5.41) is 18.3. The van der Waals surface area contributed by atoms with E-state index in [-0.39, 0.29) is 32.7 Å². The second-order valence-electron chi connectivity index (χ2n) is 8.06. The fraction of sp³-hybridized carbons (Fsp3) is 0.261. The largest absolute Gasteiger partial charge is 0.506 e. The van der Waals surface area contributed by atoms with Crippen LogP contribution in [0.3, 0.4) is 0 Å². The van der Waals surface area contributed by atoms with Crippen LogP contribution < -0.4 is 10.6 Å². The van der Waals surface area contributed by atoms with Crippen molar-refractivity contribution in [1.29, 1.82) is 0 Å². The van der Waals surface area contributed by atoms with Gasteiger partial charge in [-0.1, -0.05) is 34.8 Å². The maximum absolute atomic E-state index is 13.0. The summed E-state index contributed by atoms with van der Waals surface area (Å²) in [5.74, 6) is -1.32. The molecule has 3 N–H and O–H groups in total.